The number of halogens is 2. The molecule has 0 aromatic heterocycles. The fraction of sp³-hybridized carbons (Fsp3) is 0.200. The van der Waals surface area contributed by atoms with Crippen molar-refractivity contribution in [3.05, 3.63) is 57.6 Å². The lowest BCUT2D eigenvalue weighted by molar-refractivity contribution is 1.16. The molecule has 0 unspecified atom stereocenters. The van der Waals surface area contributed by atoms with E-state index in [0.717, 1.165) is 10.0 Å². The molecule has 2 aromatic rings. The Labute approximate surface area is 119 Å². The molecule has 0 heterocycles. The van der Waals surface area contributed by atoms with Gasteiger partial charge in [0, 0.05) is 24.4 Å². The van der Waals surface area contributed by atoms with E-state index < -0.39 is 8.80 Å². The normalized spacial score (nSPS) is 13.8. The number of rotatable bonds is 1. The van der Waals surface area contributed by atoms with E-state index in [9.17, 15) is 0 Å². The van der Waals surface area contributed by atoms with Crippen LogP contribution in [-0.4, -0.2) is 8.80 Å². The molecule has 0 aliphatic heterocycles. The van der Waals surface area contributed by atoms with Gasteiger partial charge in [-0.1, -0.05) is 48.4 Å². The minimum Gasteiger partial charge on any atom is -0.0843 e. The molecule has 0 atom stereocenters. The smallest absolute Gasteiger partial charge is 0.0444 e. The first kappa shape index (κ1) is 12.3. The Bertz CT molecular complexity index is 568. The van der Waals surface area contributed by atoms with Crippen molar-refractivity contribution in [2.24, 2.45) is 0 Å². The summed E-state index contributed by atoms with van der Waals surface area (Å²) in [6.07, 6.45) is 0. The highest BCUT2D eigenvalue weighted by atomic mass is 35.5. The predicted molar refractivity (Wildman–Crippen MR) is 82.6 cm³/mol. The van der Waals surface area contributed by atoms with Gasteiger partial charge in [-0.05, 0) is 46.5 Å². The van der Waals surface area contributed by atoms with Crippen LogP contribution in [0.1, 0.15) is 16.7 Å². The lowest BCUT2D eigenvalue weighted by Gasteiger charge is -2.17. The summed E-state index contributed by atoms with van der Waals surface area (Å²) in [7, 11) is -0.856. The maximum atomic E-state index is 6.16. The molecule has 0 nitrogen and oxygen atoms in total. The second kappa shape index (κ2) is 4.41. The molecular weight excluding hydrogens is 279 g/mol. The third-order valence-corrected chi connectivity index (χ3v) is 6.18. The van der Waals surface area contributed by atoms with E-state index in [-0.39, 0.29) is 0 Å². The summed E-state index contributed by atoms with van der Waals surface area (Å²) in [5, 5.41) is 1.65. The molecule has 2 aromatic carbocycles. The minimum absolute atomic E-state index is 0.535. The number of hydrogen-bond acceptors (Lipinski definition) is 0. The molecule has 0 fully saturated rings. The van der Waals surface area contributed by atoms with Crippen molar-refractivity contribution in [3.8, 4) is 11.1 Å². The van der Waals surface area contributed by atoms with Crippen LogP contribution in [0, 0.1) is 0 Å². The van der Waals surface area contributed by atoms with Crippen LogP contribution in [0.4, 0.5) is 0 Å². The molecule has 0 N–H and O–H groups in total. The zero-order valence-corrected chi connectivity index (χ0v) is 13.0. The Morgan fingerprint density at radius 2 is 1.28 bits per heavy atom. The molecule has 0 spiro atoms. The van der Waals surface area contributed by atoms with Gasteiger partial charge >= 0.3 is 0 Å². The first-order valence-corrected chi connectivity index (χ1v) is 9.90. The van der Waals surface area contributed by atoms with Gasteiger partial charge in [0.05, 0.1) is 0 Å². The third kappa shape index (κ3) is 1.82. The Kier molecular flexibility index (Phi) is 3.01. The van der Waals surface area contributed by atoms with E-state index in [1.165, 1.54) is 22.3 Å². The summed E-state index contributed by atoms with van der Waals surface area (Å²) in [4.78, 5) is 0. The highest BCUT2D eigenvalue weighted by molar-refractivity contribution is 6.59. The predicted octanol–water partition coefficient (Wildman–Crippen LogP) is 5.13. The van der Waals surface area contributed by atoms with Crippen molar-refractivity contribution in [2.75, 3.05) is 0 Å². The van der Waals surface area contributed by atoms with Gasteiger partial charge in [0.25, 0.3) is 0 Å². The highest BCUT2D eigenvalue weighted by Gasteiger charge is 2.31. The Balaban J connectivity index is 2.29. The van der Waals surface area contributed by atoms with Gasteiger partial charge in [0.2, 0.25) is 0 Å². The molecular formula is C15H14Cl2Si. The van der Waals surface area contributed by atoms with Crippen molar-refractivity contribution >= 4 is 32.0 Å². The van der Waals surface area contributed by atoms with Gasteiger partial charge < -0.3 is 0 Å². The zero-order chi connectivity index (χ0) is 12.9. The fourth-order valence-electron chi connectivity index (χ4n) is 2.96. The largest absolute Gasteiger partial charge is 0.0843 e. The van der Waals surface area contributed by atoms with Crippen molar-refractivity contribution in [3.63, 3.8) is 0 Å². The van der Waals surface area contributed by atoms with E-state index in [2.05, 4.69) is 37.4 Å². The summed E-state index contributed by atoms with van der Waals surface area (Å²) in [6.45, 7) is 4.76. The maximum absolute atomic E-state index is 6.16. The molecule has 1 aliphatic rings. The van der Waals surface area contributed by atoms with Crippen molar-refractivity contribution in [2.45, 2.75) is 18.6 Å². The fourth-order valence-corrected chi connectivity index (χ4v) is 5.31. The number of hydrogen-bond donors (Lipinski definition) is 0. The number of benzene rings is 2. The van der Waals surface area contributed by atoms with E-state index in [1.807, 2.05) is 12.1 Å². The van der Waals surface area contributed by atoms with Gasteiger partial charge in [-0.25, -0.2) is 0 Å². The van der Waals surface area contributed by atoms with E-state index >= 15 is 0 Å². The molecule has 0 saturated carbocycles. The summed E-state index contributed by atoms with van der Waals surface area (Å²) in [6, 6.07) is 12.5. The summed E-state index contributed by atoms with van der Waals surface area (Å²) in [5.74, 6) is 0. The molecule has 3 heteroatoms. The minimum atomic E-state index is -0.856. The van der Waals surface area contributed by atoms with Gasteiger partial charge in [0.1, 0.15) is 0 Å². The summed E-state index contributed by atoms with van der Waals surface area (Å²) in [5.41, 5.74) is 5.98. The molecule has 0 bridgehead atoms. The van der Waals surface area contributed by atoms with Gasteiger partial charge in [-0.3, -0.25) is 0 Å². The van der Waals surface area contributed by atoms with Crippen LogP contribution in [0.3, 0.4) is 0 Å². The van der Waals surface area contributed by atoms with Gasteiger partial charge in [-0.2, -0.15) is 0 Å². The zero-order valence-electron chi connectivity index (χ0n) is 10.4. The van der Waals surface area contributed by atoms with Crippen LogP contribution < -0.4 is 0 Å². The van der Waals surface area contributed by atoms with Crippen LogP contribution >= 0.6 is 23.2 Å². The lowest BCUT2D eigenvalue weighted by Crippen LogP contribution is -2.14. The Morgan fingerprint density at radius 3 is 1.67 bits per heavy atom. The average molecular weight is 293 g/mol. The standard InChI is InChI=1S/C15H14Cl2Si/c1-18(2)15-13-7-9(16)3-5-11(13)12-6-4-10(17)8-14(12)15/h3-8,15,18H,1-2H3. The lowest BCUT2D eigenvalue weighted by atomic mass is 10.1. The molecule has 0 saturated heterocycles. The van der Waals surface area contributed by atoms with E-state index in [1.54, 1.807) is 0 Å². The monoisotopic (exact) mass is 292 g/mol. The summed E-state index contributed by atoms with van der Waals surface area (Å²) >= 11 is 12.3. The SMILES string of the molecule is C[SiH](C)C1c2cc(Cl)ccc2-c2ccc(Cl)cc21. The first-order valence-electron chi connectivity index (χ1n) is 6.17. The van der Waals surface area contributed by atoms with Crippen LogP contribution in [0.15, 0.2) is 36.4 Å². The maximum Gasteiger partial charge on any atom is 0.0444 e. The van der Waals surface area contributed by atoms with Crippen LogP contribution in [-0.2, 0) is 0 Å². The second-order valence-electron chi connectivity index (χ2n) is 5.18. The third-order valence-electron chi connectivity index (χ3n) is 3.65. The molecule has 3 rings (SSSR count). The molecule has 92 valence electrons. The quantitative estimate of drug-likeness (QED) is 0.639. The van der Waals surface area contributed by atoms with Crippen LogP contribution in [0.5, 0.6) is 0 Å². The topological polar surface area (TPSA) is 0 Å². The van der Waals surface area contributed by atoms with Gasteiger partial charge in [-0.15, -0.1) is 0 Å². The first-order chi connectivity index (χ1) is 8.58. The van der Waals surface area contributed by atoms with Gasteiger partial charge in [0.15, 0.2) is 0 Å². The molecule has 0 amide bonds. The molecule has 18 heavy (non-hydrogen) atoms. The average Bonchev–Trinajstić information content (AvgIpc) is 2.60. The van der Waals surface area contributed by atoms with Crippen LogP contribution in [0.2, 0.25) is 23.1 Å². The number of fused-ring (bicyclic) bond motifs is 3. The van der Waals surface area contributed by atoms with E-state index in [4.69, 9.17) is 23.2 Å². The van der Waals surface area contributed by atoms with Crippen LogP contribution in [0.25, 0.3) is 11.1 Å². The Hall–Kier alpha value is -0.763. The highest BCUT2D eigenvalue weighted by Crippen LogP contribution is 2.47. The summed E-state index contributed by atoms with van der Waals surface area (Å²) < 4.78 is 0. The van der Waals surface area contributed by atoms with Crippen molar-refractivity contribution < 1.29 is 0 Å². The van der Waals surface area contributed by atoms with Crippen molar-refractivity contribution in [1.29, 1.82) is 0 Å². The van der Waals surface area contributed by atoms with Crippen molar-refractivity contribution in [1.82, 2.24) is 0 Å². The Morgan fingerprint density at radius 1 is 0.833 bits per heavy atom. The van der Waals surface area contributed by atoms with E-state index in [0.29, 0.717) is 5.54 Å². The molecule has 1 aliphatic carbocycles. The second-order valence-corrected chi connectivity index (χ2v) is 9.21. The molecule has 0 radical (unpaired) electrons.